The molecule has 1 aromatic carbocycles. The number of benzene rings is 1. The van der Waals surface area contributed by atoms with Crippen molar-refractivity contribution in [2.45, 2.75) is 32.6 Å². The lowest BCUT2D eigenvalue weighted by Crippen LogP contribution is -2.36. The van der Waals surface area contributed by atoms with Crippen LogP contribution in [0, 0.1) is 17.2 Å². The lowest BCUT2D eigenvalue weighted by molar-refractivity contribution is 0.215. The fraction of sp³-hybridized carbons (Fsp3) is 0.500. The van der Waals surface area contributed by atoms with Crippen LogP contribution < -0.4 is 0 Å². The number of piperidine rings is 1. The van der Waals surface area contributed by atoms with Gasteiger partial charge in [0.25, 0.3) is 0 Å². The zero-order valence-electron chi connectivity index (χ0n) is 11.3. The van der Waals surface area contributed by atoms with E-state index in [9.17, 15) is 5.26 Å². The van der Waals surface area contributed by atoms with Gasteiger partial charge in [-0.25, -0.2) is 0 Å². The van der Waals surface area contributed by atoms with Crippen molar-refractivity contribution >= 4 is 0 Å². The molecule has 2 rings (SSSR count). The van der Waals surface area contributed by atoms with Crippen LogP contribution in [0.2, 0.25) is 0 Å². The second-order valence-corrected chi connectivity index (χ2v) is 5.48. The zero-order valence-corrected chi connectivity index (χ0v) is 11.3. The first-order valence-corrected chi connectivity index (χ1v) is 6.71. The normalized spacial score (nSPS) is 20.9. The van der Waals surface area contributed by atoms with Crippen LogP contribution in [0.5, 0.6) is 0 Å². The summed E-state index contributed by atoms with van der Waals surface area (Å²) in [7, 11) is 0. The van der Waals surface area contributed by atoms with Gasteiger partial charge in [-0.15, -0.1) is 0 Å². The topological polar surface area (TPSA) is 27.0 Å². The highest BCUT2D eigenvalue weighted by atomic mass is 15.1. The van der Waals surface area contributed by atoms with Crippen LogP contribution in [0.15, 0.2) is 24.3 Å². The summed E-state index contributed by atoms with van der Waals surface area (Å²) in [6.07, 6.45) is 2.44. The van der Waals surface area contributed by atoms with Crippen molar-refractivity contribution < 1.29 is 0 Å². The van der Waals surface area contributed by atoms with E-state index in [4.69, 9.17) is 0 Å². The van der Waals surface area contributed by atoms with Gasteiger partial charge in [0.2, 0.25) is 0 Å². The van der Waals surface area contributed by atoms with E-state index < -0.39 is 0 Å². The van der Waals surface area contributed by atoms with Gasteiger partial charge in [0, 0.05) is 13.1 Å². The molecule has 0 bridgehead atoms. The lowest BCUT2D eigenvalue weighted by atomic mass is 9.87. The molecule has 1 fully saturated rings. The van der Waals surface area contributed by atoms with Gasteiger partial charge in [0.05, 0.1) is 11.6 Å². The molecule has 1 heterocycles. The van der Waals surface area contributed by atoms with Crippen LogP contribution in [0.1, 0.15) is 43.7 Å². The number of nitriles is 1. The van der Waals surface area contributed by atoms with Crippen molar-refractivity contribution in [3.8, 4) is 6.07 Å². The molecule has 18 heavy (non-hydrogen) atoms. The van der Waals surface area contributed by atoms with Crippen LogP contribution in [-0.2, 0) is 0 Å². The van der Waals surface area contributed by atoms with Crippen molar-refractivity contribution in [1.82, 2.24) is 4.90 Å². The number of rotatable bonds is 3. The van der Waals surface area contributed by atoms with Gasteiger partial charge in [-0.3, -0.25) is 0 Å². The molecule has 0 N–H and O–H groups in total. The maximum atomic E-state index is 9.19. The molecule has 95 valence electrons. The molecule has 1 saturated heterocycles. The molecule has 0 saturated carbocycles. The summed E-state index contributed by atoms with van der Waals surface area (Å²) in [6, 6.07) is 10.4. The third kappa shape index (κ3) is 3.11. The molecule has 0 aliphatic carbocycles. The predicted molar refractivity (Wildman–Crippen MR) is 74.2 cm³/mol. The Morgan fingerprint density at radius 2 is 2.17 bits per heavy atom. The molecule has 1 unspecified atom stereocenters. The Hall–Kier alpha value is -1.33. The third-order valence-corrected chi connectivity index (χ3v) is 3.57. The standard InChI is InChI=1S/C16H21N2/c1-13(2)11-18-9-5-7-15(12-18)16-8-4-3-6-14(16)10-17/h3-4,6,8,15H,5,7,9,11-12H2,1-2H3. The van der Waals surface area contributed by atoms with E-state index in [1.807, 2.05) is 18.2 Å². The number of likely N-dealkylation sites (tertiary alicyclic amines) is 1. The molecule has 0 aromatic heterocycles. The van der Waals surface area contributed by atoms with Gasteiger partial charge in [-0.1, -0.05) is 32.0 Å². The molecule has 1 aliphatic rings. The SMILES string of the molecule is C[C](C)CN1CCCC(c2ccccc2C#N)C1. The summed E-state index contributed by atoms with van der Waals surface area (Å²) in [5.74, 6) is 1.98. The Morgan fingerprint density at radius 3 is 2.89 bits per heavy atom. The Kier molecular flexibility index (Phi) is 4.38. The molecule has 2 nitrogen and oxygen atoms in total. The Balaban J connectivity index is 2.11. The largest absolute Gasteiger partial charge is 0.302 e. The van der Waals surface area contributed by atoms with Crippen molar-refractivity contribution in [3.05, 3.63) is 41.3 Å². The van der Waals surface area contributed by atoms with Crippen molar-refractivity contribution in [2.75, 3.05) is 19.6 Å². The second kappa shape index (κ2) is 6.02. The molecular formula is C16H21N2. The Bertz CT molecular complexity index is 431. The fourth-order valence-electron chi connectivity index (χ4n) is 2.86. The first-order chi connectivity index (χ1) is 8.70. The Labute approximate surface area is 110 Å². The average molecular weight is 241 g/mol. The first kappa shape index (κ1) is 13.1. The summed E-state index contributed by atoms with van der Waals surface area (Å²) in [5.41, 5.74) is 2.08. The third-order valence-electron chi connectivity index (χ3n) is 3.57. The summed E-state index contributed by atoms with van der Waals surface area (Å²) in [6.45, 7) is 7.74. The van der Waals surface area contributed by atoms with Gasteiger partial charge in [-0.2, -0.15) is 5.26 Å². The van der Waals surface area contributed by atoms with Crippen molar-refractivity contribution in [3.63, 3.8) is 0 Å². The smallest absolute Gasteiger partial charge is 0.0994 e. The molecule has 1 atom stereocenters. The number of hydrogen-bond donors (Lipinski definition) is 0. The van der Waals surface area contributed by atoms with E-state index in [2.05, 4.69) is 30.9 Å². The van der Waals surface area contributed by atoms with Gasteiger partial charge in [0.15, 0.2) is 0 Å². The van der Waals surface area contributed by atoms with Crippen LogP contribution in [-0.4, -0.2) is 24.5 Å². The average Bonchev–Trinajstić information content (AvgIpc) is 2.38. The van der Waals surface area contributed by atoms with Gasteiger partial charge in [-0.05, 0) is 42.9 Å². The first-order valence-electron chi connectivity index (χ1n) is 6.71. The number of nitrogens with zero attached hydrogens (tertiary/aromatic N) is 2. The molecule has 1 aliphatic heterocycles. The summed E-state index contributed by atoms with van der Waals surface area (Å²) < 4.78 is 0. The maximum absolute atomic E-state index is 9.19. The van der Waals surface area contributed by atoms with Gasteiger partial charge >= 0.3 is 0 Å². The number of hydrogen-bond acceptors (Lipinski definition) is 2. The summed E-state index contributed by atoms with van der Waals surface area (Å²) in [5, 5.41) is 9.19. The summed E-state index contributed by atoms with van der Waals surface area (Å²) in [4.78, 5) is 2.51. The second-order valence-electron chi connectivity index (χ2n) is 5.48. The predicted octanol–water partition coefficient (Wildman–Crippen LogP) is 3.35. The minimum Gasteiger partial charge on any atom is -0.302 e. The molecule has 2 heteroatoms. The van der Waals surface area contributed by atoms with E-state index in [1.165, 1.54) is 30.9 Å². The van der Waals surface area contributed by atoms with E-state index in [1.54, 1.807) is 0 Å². The van der Waals surface area contributed by atoms with Crippen LogP contribution in [0.4, 0.5) is 0 Å². The van der Waals surface area contributed by atoms with Crippen LogP contribution in [0.25, 0.3) is 0 Å². The van der Waals surface area contributed by atoms with Crippen LogP contribution >= 0.6 is 0 Å². The fourth-order valence-corrected chi connectivity index (χ4v) is 2.86. The molecular weight excluding hydrogens is 220 g/mol. The Morgan fingerprint density at radius 1 is 1.39 bits per heavy atom. The van der Waals surface area contributed by atoms with Crippen LogP contribution in [0.3, 0.4) is 0 Å². The summed E-state index contributed by atoms with van der Waals surface area (Å²) >= 11 is 0. The zero-order chi connectivity index (χ0) is 13.0. The monoisotopic (exact) mass is 241 g/mol. The van der Waals surface area contributed by atoms with Crippen molar-refractivity contribution in [1.29, 1.82) is 5.26 Å². The van der Waals surface area contributed by atoms with Gasteiger partial charge in [0.1, 0.15) is 0 Å². The van der Waals surface area contributed by atoms with Gasteiger partial charge < -0.3 is 4.90 Å². The van der Waals surface area contributed by atoms with Crippen molar-refractivity contribution in [2.24, 2.45) is 0 Å². The van der Waals surface area contributed by atoms with E-state index in [0.29, 0.717) is 5.92 Å². The molecule has 1 radical (unpaired) electrons. The highest BCUT2D eigenvalue weighted by Gasteiger charge is 2.23. The molecule has 0 amide bonds. The highest BCUT2D eigenvalue weighted by molar-refractivity contribution is 5.40. The molecule has 0 spiro atoms. The minimum absolute atomic E-state index is 0.522. The quantitative estimate of drug-likeness (QED) is 0.811. The molecule has 1 aromatic rings. The van der Waals surface area contributed by atoms with E-state index in [-0.39, 0.29) is 0 Å². The highest BCUT2D eigenvalue weighted by Crippen LogP contribution is 2.29. The minimum atomic E-state index is 0.522. The van der Waals surface area contributed by atoms with E-state index in [0.717, 1.165) is 18.7 Å². The van der Waals surface area contributed by atoms with E-state index >= 15 is 0 Å². The lowest BCUT2D eigenvalue weighted by Gasteiger charge is -2.34. The maximum Gasteiger partial charge on any atom is 0.0994 e.